The van der Waals surface area contributed by atoms with Crippen molar-refractivity contribution >= 4 is 11.6 Å². The zero-order chi connectivity index (χ0) is 15.8. The van der Waals surface area contributed by atoms with E-state index in [4.69, 9.17) is 9.47 Å². The maximum atomic E-state index is 13.1. The van der Waals surface area contributed by atoms with Gasteiger partial charge in [-0.25, -0.2) is 0 Å². The van der Waals surface area contributed by atoms with Gasteiger partial charge in [0.25, 0.3) is 0 Å². The van der Waals surface area contributed by atoms with Crippen LogP contribution in [0.5, 0.6) is 5.75 Å². The number of carbonyl (C=O) groups excluding carboxylic acids is 2. The van der Waals surface area contributed by atoms with E-state index >= 15 is 0 Å². The van der Waals surface area contributed by atoms with Gasteiger partial charge in [-0.2, -0.15) is 0 Å². The van der Waals surface area contributed by atoms with Crippen LogP contribution in [0, 0.1) is 11.8 Å². The van der Waals surface area contributed by atoms with Gasteiger partial charge in [0.2, 0.25) is 0 Å². The number of carbonyl (C=O) groups is 2. The summed E-state index contributed by atoms with van der Waals surface area (Å²) in [5, 5.41) is 0. The van der Waals surface area contributed by atoms with Crippen LogP contribution in [0.3, 0.4) is 0 Å². The molecule has 23 heavy (non-hydrogen) atoms. The first-order valence-corrected chi connectivity index (χ1v) is 7.98. The number of fused-ring (bicyclic) bond motifs is 1. The summed E-state index contributed by atoms with van der Waals surface area (Å²) >= 11 is 0. The fourth-order valence-electron chi connectivity index (χ4n) is 4.95. The van der Waals surface area contributed by atoms with Gasteiger partial charge in [-0.1, -0.05) is 24.3 Å². The van der Waals surface area contributed by atoms with E-state index in [1.165, 1.54) is 0 Å². The maximum Gasteiger partial charge on any atom is 0.196 e. The zero-order valence-corrected chi connectivity index (χ0v) is 12.6. The van der Waals surface area contributed by atoms with Gasteiger partial charge in [0, 0.05) is 23.8 Å². The van der Waals surface area contributed by atoms with Crippen molar-refractivity contribution in [1.29, 1.82) is 0 Å². The van der Waals surface area contributed by atoms with Crippen LogP contribution in [0.1, 0.15) is 23.2 Å². The van der Waals surface area contributed by atoms with E-state index in [0.717, 1.165) is 0 Å². The molecule has 6 rings (SSSR count). The first-order chi connectivity index (χ1) is 11.1. The maximum absolute atomic E-state index is 13.1. The number of ketones is 2. The summed E-state index contributed by atoms with van der Waals surface area (Å²) < 4.78 is 12.4. The molecule has 5 aliphatic rings. The van der Waals surface area contributed by atoms with E-state index in [-0.39, 0.29) is 23.4 Å². The third kappa shape index (κ3) is 1.25. The number of hydrogen-bond acceptors (Lipinski definition) is 4. The molecule has 0 aromatic heterocycles. The van der Waals surface area contributed by atoms with E-state index in [2.05, 4.69) is 6.58 Å². The summed E-state index contributed by atoms with van der Waals surface area (Å²) in [6, 6.07) is 7.25. The lowest BCUT2D eigenvalue weighted by atomic mass is 9.53. The normalized spacial score (nSPS) is 39.4. The Kier molecular flexibility index (Phi) is 2.31. The molecule has 0 radical (unpaired) electrons. The van der Waals surface area contributed by atoms with Gasteiger partial charge in [0.15, 0.2) is 22.8 Å². The molecule has 4 heteroatoms. The Morgan fingerprint density at radius 1 is 1.30 bits per heavy atom. The number of allylic oxidation sites excluding steroid dienone is 1. The second-order valence-corrected chi connectivity index (χ2v) is 6.78. The molecule has 2 heterocycles. The van der Waals surface area contributed by atoms with Crippen molar-refractivity contribution in [3.05, 3.63) is 54.1 Å². The molecular formula is C19H16O4. The lowest BCUT2D eigenvalue weighted by molar-refractivity contribution is -0.165. The van der Waals surface area contributed by atoms with E-state index in [9.17, 15) is 9.59 Å². The Hall–Kier alpha value is -2.20. The topological polar surface area (TPSA) is 52.6 Å². The van der Waals surface area contributed by atoms with Crippen LogP contribution in [0.2, 0.25) is 0 Å². The highest BCUT2D eigenvalue weighted by Gasteiger charge is 2.76. The molecule has 2 aliphatic heterocycles. The van der Waals surface area contributed by atoms with Gasteiger partial charge in [-0.3, -0.25) is 9.59 Å². The van der Waals surface area contributed by atoms with Crippen LogP contribution >= 0.6 is 0 Å². The number of ether oxygens (including phenoxy) is 2. The highest BCUT2D eigenvalue weighted by molar-refractivity contribution is 6.16. The third-order valence-electron chi connectivity index (χ3n) is 5.83. The lowest BCUT2D eigenvalue weighted by Crippen LogP contribution is -2.71. The Morgan fingerprint density at radius 3 is 2.96 bits per heavy atom. The number of Topliss-reactive ketones (excluding diaryl/α,β-unsaturated/α-hetero) is 2. The molecule has 0 unspecified atom stereocenters. The van der Waals surface area contributed by atoms with Gasteiger partial charge >= 0.3 is 0 Å². The van der Waals surface area contributed by atoms with Crippen LogP contribution in [0.15, 0.2) is 48.6 Å². The van der Waals surface area contributed by atoms with Gasteiger partial charge in [-0.15, -0.1) is 6.58 Å². The van der Waals surface area contributed by atoms with Crippen molar-refractivity contribution < 1.29 is 19.1 Å². The Labute approximate surface area is 133 Å². The van der Waals surface area contributed by atoms with Crippen LogP contribution in [0.4, 0.5) is 0 Å². The van der Waals surface area contributed by atoms with Gasteiger partial charge < -0.3 is 9.47 Å². The molecule has 1 spiro atoms. The molecule has 2 fully saturated rings. The third-order valence-corrected chi connectivity index (χ3v) is 5.83. The quantitative estimate of drug-likeness (QED) is 0.788. The number of benzene rings is 1. The fraction of sp³-hybridized carbons (Fsp3) is 0.368. The monoisotopic (exact) mass is 308 g/mol. The second kappa shape index (κ2) is 4.01. The number of hydrogen-bond donors (Lipinski definition) is 0. The Balaban J connectivity index is 1.82. The van der Waals surface area contributed by atoms with Gasteiger partial charge in [-0.05, 0) is 18.6 Å². The average Bonchev–Trinajstić information content (AvgIpc) is 2.81. The molecule has 116 valence electrons. The summed E-state index contributed by atoms with van der Waals surface area (Å²) in [4.78, 5) is 26.1. The van der Waals surface area contributed by atoms with Crippen molar-refractivity contribution in [3.63, 3.8) is 0 Å². The summed E-state index contributed by atoms with van der Waals surface area (Å²) in [6.45, 7) is 4.24. The van der Waals surface area contributed by atoms with E-state index in [1.807, 2.05) is 18.2 Å². The summed E-state index contributed by atoms with van der Waals surface area (Å²) in [5.74, 6) is 0.321. The molecule has 4 atom stereocenters. The minimum absolute atomic E-state index is 0.0297. The minimum atomic E-state index is -1.10. The molecular weight excluding hydrogens is 292 g/mol. The lowest BCUT2D eigenvalue weighted by Gasteiger charge is -2.55. The second-order valence-electron chi connectivity index (χ2n) is 6.78. The van der Waals surface area contributed by atoms with Crippen LogP contribution < -0.4 is 4.74 Å². The van der Waals surface area contributed by atoms with Crippen molar-refractivity contribution in [2.24, 2.45) is 11.8 Å². The fourth-order valence-corrected chi connectivity index (χ4v) is 4.95. The Morgan fingerprint density at radius 2 is 2.13 bits per heavy atom. The molecule has 1 aromatic rings. The van der Waals surface area contributed by atoms with E-state index in [0.29, 0.717) is 36.3 Å². The summed E-state index contributed by atoms with van der Waals surface area (Å²) in [7, 11) is 0. The van der Waals surface area contributed by atoms with Crippen molar-refractivity contribution in [2.45, 2.75) is 24.0 Å². The van der Waals surface area contributed by atoms with Crippen LogP contribution in [-0.2, 0) is 9.53 Å². The smallest absolute Gasteiger partial charge is 0.196 e. The minimum Gasteiger partial charge on any atom is -0.478 e. The van der Waals surface area contributed by atoms with Crippen molar-refractivity contribution in [1.82, 2.24) is 0 Å². The molecule has 0 amide bonds. The SMILES string of the molecule is C=CC[C@@]12OC[C@@H]3C[C@@H](C=C4C(=O)c5ccccc5O[C@]431)C2=O. The highest BCUT2D eigenvalue weighted by atomic mass is 16.6. The predicted molar refractivity (Wildman–Crippen MR) is 82.3 cm³/mol. The standard InChI is InChI=1S/C19H16O4/c1-2-7-18-17(21)11-8-12(10-22-18)19(18)14(9-11)16(20)13-5-3-4-6-15(13)23-19/h2-6,9,11-12H,1,7-8,10H2/t11-,12-,18-,19-/m0/s1. The summed E-state index contributed by atoms with van der Waals surface area (Å²) in [5.41, 5.74) is -0.914. The number of rotatable bonds is 2. The van der Waals surface area contributed by atoms with Crippen LogP contribution in [0.25, 0.3) is 0 Å². The average molecular weight is 308 g/mol. The van der Waals surface area contributed by atoms with E-state index < -0.39 is 11.2 Å². The molecule has 4 nitrogen and oxygen atoms in total. The van der Waals surface area contributed by atoms with Gasteiger partial charge in [0.1, 0.15) is 5.75 Å². The van der Waals surface area contributed by atoms with Crippen molar-refractivity contribution in [2.75, 3.05) is 6.61 Å². The predicted octanol–water partition coefficient (Wildman–Crippen LogP) is 2.49. The molecule has 4 bridgehead atoms. The molecule has 1 saturated heterocycles. The zero-order valence-electron chi connectivity index (χ0n) is 12.6. The molecule has 1 saturated carbocycles. The molecule has 3 aliphatic carbocycles. The number of para-hydroxylation sites is 1. The first kappa shape index (κ1) is 13.3. The van der Waals surface area contributed by atoms with Crippen LogP contribution in [-0.4, -0.2) is 29.4 Å². The van der Waals surface area contributed by atoms with E-state index in [1.54, 1.807) is 18.2 Å². The summed E-state index contributed by atoms with van der Waals surface area (Å²) in [6.07, 6.45) is 4.58. The highest BCUT2D eigenvalue weighted by Crippen LogP contribution is 2.62. The van der Waals surface area contributed by atoms with Gasteiger partial charge in [0.05, 0.1) is 12.2 Å². The molecule has 1 aromatic carbocycles. The largest absolute Gasteiger partial charge is 0.478 e. The van der Waals surface area contributed by atoms with Crippen molar-refractivity contribution in [3.8, 4) is 5.75 Å². The Bertz CT molecular complexity index is 807. The molecule has 0 N–H and O–H groups in total. The first-order valence-electron chi connectivity index (χ1n) is 7.98.